The average molecular weight is 215 g/mol. The Morgan fingerprint density at radius 2 is 0.600 bits per heavy atom. The van der Waals surface area contributed by atoms with Crippen LogP contribution >= 0.6 is 0 Å². The molecule has 5 heavy (non-hydrogen) atoms. The quantitative estimate of drug-likeness (QED) is 0.352. The van der Waals surface area contributed by atoms with Crippen LogP contribution in [-0.4, -0.2) is 23.9 Å². The molecule has 0 N–H and O–H groups in total. The summed E-state index contributed by atoms with van der Waals surface area (Å²) in [6.45, 7) is 0. The first-order valence-corrected chi connectivity index (χ1v) is 0. The SMILES string of the molecule is [F-].[F-].[F-].[K+].[Sn+2]. The van der Waals surface area contributed by atoms with Crippen molar-refractivity contribution in [3.63, 3.8) is 0 Å². The van der Waals surface area contributed by atoms with Crippen molar-refractivity contribution in [3.05, 3.63) is 0 Å². The number of hydrogen-bond donors (Lipinski definition) is 0. The van der Waals surface area contributed by atoms with Gasteiger partial charge in [0.15, 0.2) is 0 Å². The fraction of sp³-hybridized carbons (Fsp3) is 0. The van der Waals surface area contributed by atoms with E-state index in [-0.39, 0.29) is 89.4 Å². The summed E-state index contributed by atoms with van der Waals surface area (Å²) in [6.07, 6.45) is 0. The maximum absolute atomic E-state index is 0. The first kappa shape index (κ1) is 56.6. The minimum atomic E-state index is 0. The number of halogens is 3. The molecule has 5 heteroatoms. The van der Waals surface area contributed by atoms with Crippen LogP contribution in [0.4, 0.5) is 0 Å². The maximum Gasteiger partial charge on any atom is 2.00 e. The van der Waals surface area contributed by atoms with Gasteiger partial charge in [-0.15, -0.1) is 0 Å². The summed E-state index contributed by atoms with van der Waals surface area (Å²) in [6, 6.07) is 0. The van der Waals surface area contributed by atoms with Gasteiger partial charge in [-0.3, -0.25) is 0 Å². The van der Waals surface area contributed by atoms with Crippen LogP contribution in [0.3, 0.4) is 0 Å². The molecule has 0 heterocycles. The molecule has 0 rings (SSSR count). The van der Waals surface area contributed by atoms with Crippen LogP contribution in [0, 0.1) is 0 Å². The first-order valence-electron chi connectivity index (χ1n) is 0. The molecule has 0 aromatic carbocycles. The predicted molar refractivity (Wildman–Crippen MR) is 5.75 cm³/mol. The molecule has 0 aromatic rings. The minimum absolute atomic E-state index is 0. The van der Waals surface area contributed by atoms with Crippen molar-refractivity contribution in [2.24, 2.45) is 0 Å². The number of rotatable bonds is 0. The molecule has 0 nitrogen and oxygen atoms in total. The molecule has 0 atom stereocenters. The van der Waals surface area contributed by atoms with Gasteiger partial charge in [0.05, 0.1) is 0 Å². The van der Waals surface area contributed by atoms with E-state index in [9.17, 15) is 0 Å². The fourth-order valence-corrected chi connectivity index (χ4v) is 0. The molecule has 0 bridgehead atoms. The summed E-state index contributed by atoms with van der Waals surface area (Å²) < 4.78 is 0. The molecule has 0 unspecified atom stereocenters. The van der Waals surface area contributed by atoms with Crippen LogP contribution in [0.15, 0.2) is 0 Å². The molecular formula is F3KSn. The van der Waals surface area contributed by atoms with Crippen LogP contribution in [0.25, 0.3) is 0 Å². The Labute approximate surface area is 87.6 Å². The van der Waals surface area contributed by atoms with E-state index in [1.807, 2.05) is 0 Å². The van der Waals surface area contributed by atoms with E-state index in [0.717, 1.165) is 0 Å². The zero-order valence-corrected chi connectivity index (χ0v) is 8.61. The molecule has 2 radical (unpaired) electrons. The van der Waals surface area contributed by atoms with Gasteiger partial charge < -0.3 is 14.1 Å². The zero-order valence-electron chi connectivity index (χ0n) is 2.63. The molecule has 0 fully saturated rings. The van der Waals surface area contributed by atoms with Crippen molar-refractivity contribution in [2.45, 2.75) is 0 Å². The molecule has 0 saturated carbocycles. The predicted octanol–water partition coefficient (Wildman–Crippen LogP) is -12.4. The van der Waals surface area contributed by atoms with Crippen LogP contribution < -0.4 is 65.5 Å². The summed E-state index contributed by atoms with van der Waals surface area (Å²) in [5, 5.41) is 0. The largest absolute Gasteiger partial charge is 2.00 e. The molecule has 0 amide bonds. The fourth-order valence-electron chi connectivity index (χ4n) is 0. The second-order valence-corrected chi connectivity index (χ2v) is 0. The molecular weight excluding hydrogens is 215 g/mol. The Bertz CT molecular complexity index is 6.85. The Morgan fingerprint density at radius 1 is 0.600 bits per heavy atom. The van der Waals surface area contributed by atoms with E-state index in [1.54, 1.807) is 0 Å². The standard InChI is InChI=1S/3FH.K.Sn/h3*1H;;/q;;;+1;+2/p-3. The van der Waals surface area contributed by atoms with Gasteiger partial charge in [0.2, 0.25) is 0 Å². The number of hydrogen-bond acceptors (Lipinski definition) is 0. The maximum atomic E-state index is 0. The summed E-state index contributed by atoms with van der Waals surface area (Å²) in [7, 11) is 0. The smallest absolute Gasteiger partial charge is 1.00 e. The molecule has 0 saturated heterocycles. The van der Waals surface area contributed by atoms with Crippen LogP contribution in [0.2, 0.25) is 0 Å². The topological polar surface area (TPSA) is 0 Å². The van der Waals surface area contributed by atoms with E-state index in [0.29, 0.717) is 0 Å². The summed E-state index contributed by atoms with van der Waals surface area (Å²) in [5.41, 5.74) is 0. The van der Waals surface area contributed by atoms with Gasteiger partial charge in [-0.2, -0.15) is 0 Å². The Balaban J connectivity index is 0. The monoisotopic (exact) mass is 216 g/mol. The average Bonchev–Trinajstić information content (AvgIpc) is 0. The third-order valence-corrected chi connectivity index (χ3v) is 0. The summed E-state index contributed by atoms with van der Waals surface area (Å²) >= 11 is 0. The van der Waals surface area contributed by atoms with Gasteiger partial charge in [-0.1, -0.05) is 0 Å². The van der Waals surface area contributed by atoms with Crippen molar-refractivity contribution >= 4 is 23.9 Å². The first-order chi connectivity index (χ1) is 0. The normalized spacial score (nSPS) is 0. The third kappa shape index (κ3) is 22.4. The van der Waals surface area contributed by atoms with E-state index in [4.69, 9.17) is 0 Å². The zero-order chi connectivity index (χ0) is 0. The van der Waals surface area contributed by atoms with Crippen LogP contribution in [-0.2, 0) is 0 Å². The van der Waals surface area contributed by atoms with Gasteiger partial charge >= 0.3 is 75.3 Å². The van der Waals surface area contributed by atoms with E-state index in [2.05, 4.69) is 0 Å². The van der Waals surface area contributed by atoms with Gasteiger partial charge in [0, 0.05) is 0 Å². The molecule has 0 aliphatic rings. The Morgan fingerprint density at radius 3 is 0.600 bits per heavy atom. The Kier molecular flexibility index (Phi) is 388. The van der Waals surface area contributed by atoms with E-state index >= 15 is 0 Å². The third-order valence-electron chi connectivity index (χ3n) is 0. The molecule has 26 valence electrons. The molecule has 0 spiro atoms. The van der Waals surface area contributed by atoms with Crippen molar-refractivity contribution in [2.75, 3.05) is 0 Å². The van der Waals surface area contributed by atoms with Crippen molar-refractivity contribution in [1.29, 1.82) is 0 Å². The molecule has 0 aliphatic carbocycles. The van der Waals surface area contributed by atoms with E-state index < -0.39 is 0 Å². The van der Waals surface area contributed by atoms with Gasteiger partial charge in [-0.25, -0.2) is 0 Å². The van der Waals surface area contributed by atoms with Gasteiger partial charge in [0.25, 0.3) is 0 Å². The van der Waals surface area contributed by atoms with Crippen molar-refractivity contribution in [1.82, 2.24) is 0 Å². The van der Waals surface area contributed by atoms with Gasteiger partial charge in [-0.05, 0) is 0 Å². The minimum Gasteiger partial charge on any atom is -1.00 e. The summed E-state index contributed by atoms with van der Waals surface area (Å²) in [4.78, 5) is 0. The molecule has 0 aliphatic heterocycles. The second kappa shape index (κ2) is 34.3. The van der Waals surface area contributed by atoms with Crippen molar-refractivity contribution in [3.8, 4) is 0 Å². The van der Waals surface area contributed by atoms with Crippen LogP contribution in [0.5, 0.6) is 0 Å². The van der Waals surface area contributed by atoms with Gasteiger partial charge in [0.1, 0.15) is 0 Å². The molecule has 0 aromatic heterocycles. The Hall–Kier alpha value is 2.23. The second-order valence-electron chi connectivity index (χ2n) is 0. The van der Waals surface area contributed by atoms with E-state index in [1.165, 1.54) is 0 Å². The van der Waals surface area contributed by atoms with Crippen molar-refractivity contribution < 1.29 is 65.5 Å². The summed E-state index contributed by atoms with van der Waals surface area (Å²) in [5.74, 6) is 0. The van der Waals surface area contributed by atoms with Crippen LogP contribution in [0.1, 0.15) is 0 Å².